The number of halogens is 1. The third kappa shape index (κ3) is 3.34. The van der Waals surface area contributed by atoms with Crippen molar-refractivity contribution in [2.75, 3.05) is 0 Å². The van der Waals surface area contributed by atoms with Crippen molar-refractivity contribution in [1.29, 1.82) is 0 Å². The first-order valence-corrected chi connectivity index (χ1v) is 11.5. The molecule has 4 N–H and O–H groups in total. The van der Waals surface area contributed by atoms with Gasteiger partial charge < -0.3 is 11.5 Å². The number of hydrogen-bond acceptors (Lipinski definition) is 5. The van der Waals surface area contributed by atoms with Crippen molar-refractivity contribution in [2.45, 2.75) is 18.1 Å². The Labute approximate surface area is 182 Å². The highest BCUT2D eigenvalue weighted by molar-refractivity contribution is 7.92. The number of benzene rings is 2. The quantitative estimate of drug-likeness (QED) is 0.272. The Balaban J connectivity index is 1.97. The predicted octanol–water partition coefficient (Wildman–Crippen LogP) is 4.05. The first-order chi connectivity index (χ1) is 14.2. The third-order valence-electron chi connectivity index (χ3n) is 4.73. The summed E-state index contributed by atoms with van der Waals surface area (Å²) >= 11 is 7.33. The zero-order valence-electron chi connectivity index (χ0n) is 16.1. The van der Waals surface area contributed by atoms with Crippen molar-refractivity contribution in [3.05, 3.63) is 64.8 Å². The molecule has 0 saturated heterocycles. The second kappa shape index (κ2) is 7.42. The Hall–Kier alpha value is -2.88. The number of nitrogens with zero attached hydrogens (tertiary/aromatic N) is 3. The maximum absolute atomic E-state index is 13.7. The Morgan fingerprint density at radius 1 is 1.10 bits per heavy atom. The summed E-state index contributed by atoms with van der Waals surface area (Å²) in [5, 5.41) is 9.81. The number of fused-ring (bicyclic) bond motifs is 2. The van der Waals surface area contributed by atoms with E-state index in [1.807, 2.05) is 18.2 Å². The van der Waals surface area contributed by atoms with Crippen LogP contribution in [0.4, 0.5) is 0 Å². The van der Waals surface area contributed by atoms with Crippen LogP contribution in [0.2, 0.25) is 5.02 Å². The van der Waals surface area contributed by atoms with E-state index in [2.05, 4.69) is 10.2 Å². The number of aromatic nitrogens is 1. The topological polar surface area (TPSA) is 116 Å². The maximum Gasteiger partial charge on any atom is 0.277 e. The van der Waals surface area contributed by atoms with Gasteiger partial charge in [-0.15, -0.1) is 16.4 Å². The van der Waals surface area contributed by atoms with E-state index in [1.54, 1.807) is 44.3 Å². The molecule has 0 aliphatic heterocycles. The molecule has 30 heavy (non-hydrogen) atoms. The van der Waals surface area contributed by atoms with E-state index in [0.29, 0.717) is 27.4 Å². The minimum atomic E-state index is -3.86. The maximum atomic E-state index is 13.7. The van der Waals surface area contributed by atoms with Gasteiger partial charge in [-0.05, 0) is 49.1 Å². The van der Waals surface area contributed by atoms with Gasteiger partial charge in [-0.1, -0.05) is 29.8 Å². The highest BCUT2D eigenvalue weighted by Crippen LogP contribution is 2.38. The molecule has 154 valence electrons. The SMILES string of the molecule is C/C(=N/N=C(N)N)c1cn(S(=O)(=O)c2sc3ccc(Cl)cc3c2C)c2ccccc12. The number of guanidine groups is 1. The number of rotatable bonds is 4. The van der Waals surface area contributed by atoms with Gasteiger partial charge in [0.2, 0.25) is 5.96 Å². The fraction of sp³-hybridized carbons (Fsp3) is 0.100. The van der Waals surface area contributed by atoms with Gasteiger partial charge in [0.05, 0.1) is 11.2 Å². The molecule has 2 aromatic heterocycles. The molecule has 0 atom stereocenters. The van der Waals surface area contributed by atoms with Crippen LogP contribution in [0, 0.1) is 6.92 Å². The number of para-hydroxylation sites is 1. The van der Waals surface area contributed by atoms with E-state index in [-0.39, 0.29) is 10.2 Å². The van der Waals surface area contributed by atoms with Crippen LogP contribution in [0.5, 0.6) is 0 Å². The highest BCUT2D eigenvalue weighted by atomic mass is 35.5. The number of thiophene rings is 1. The average molecular weight is 460 g/mol. The van der Waals surface area contributed by atoms with E-state index >= 15 is 0 Å². The second-order valence-electron chi connectivity index (χ2n) is 6.73. The molecule has 0 radical (unpaired) electrons. The largest absolute Gasteiger partial charge is 0.369 e. The highest BCUT2D eigenvalue weighted by Gasteiger charge is 2.26. The van der Waals surface area contributed by atoms with Gasteiger partial charge in [0.25, 0.3) is 10.0 Å². The van der Waals surface area contributed by atoms with Crippen molar-refractivity contribution in [3.8, 4) is 0 Å². The summed E-state index contributed by atoms with van der Waals surface area (Å²) < 4.78 is 29.7. The molecule has 2 heterocycles. The van der Waals surface area contributed by atoms with Gasteiger partial charge in [0.15, 0.2) is 0 Å². The molecule has 0 aliphatic carbocycles. The molecule has 0 saturated carbocycles. The molecule has 2 aromatic carbocycles. The number of aryl methyl sites for hydroxylation is 1. The molecule has 0 bridgehead atoms. The molecule has 4 aromatic rings. The Kier molecular flexibility index (Phi) is 5.05. The van der Waals surface area contributed by atoms with Crippen LogP contribution in [0.25, 0.3) is 21.0 Å². The fourth-order valence-electron chi connectivity index (χ4n) is 3.33. The van der Waals surface area contributed by atoms with Crippen LogP contribution in [0.1, 0.15) is 18.1 Å². The Morgan fingerprint density at radius 2 is 1.83 bits per heavy atom. The second-order valence-corrected chi connectivity index (χ2v) is 10.2. The van der Waals surface area contributed by atoms with E-state index < -0.39 is 10.0 Å². The van der Waals surface area contributed by atoms with Crippen LogP contribution in [0.15, 0.2) is 63.1 Å². The van der Waals surface area contributed by atoms with Crippen LogP contribution in [0.3, 0.4) is 0 Å². The predicted molar refractivity (Wildman–Crippen MR) is 124 cm³/mol. The standard InChI is InChI=1S/C20H18ClN5O2S2/c1-11-15-9-13(21)7-8-18(15)29-19(11)30(27,28)26-10-16(12(2)24-25-20(22)23)14-5-3-4-6-17(14)26/h3-10H,1-2H3,(H4,22,23,25)/b24-12-. The van der Waals surface area contributed by atoms with Gasteiger partial charge in [-0.2, -0.15) is 13.5 Å². The smallest absolute Gasteiger partial charge is 0.277 e. The summed E-state index contributed by atoms with van der Waals surface area (Å²) in [7, 11) is -3.86. The van der Waals surface area contributed by atoms with Crippen LogP contribution >= 0.6 is 22.9 Å². The number of nitrogens with two attached hydrogens (primary N) is 2. The minimum absolute atomic E-state index is 0.176. The van der Waals surface area contributed by atoms with E-state index in [1.165, 1.54) is 15.3 Å². The molecular weight excluding hydrogens is 442 g/mol. The molecule has 7 nitrogen and oxygen atoms in total. The molecular formula is C20H18ClN5O2S2. The summed E-state index contributed by atoms with van der Waals surface area (Å²) in [4.78, 5) is 0. The van der Waals surface area contributed by atoms with Crippen LogP contribution < -0.4 is 11.5 Å². The van der Waals surface area contributed by atoms with Crippen molar-refractivity contribution < 1.29 is 8.42 Å². The molecule has 0 unspecified atom stereocenters. The summed E-state index contributed by atoms with van der Waals surface area (Å²) in [6.45, 7) is 3.51. The van der Waals surface area contributed by atoms with Gasteiger partial charge in [-0.3, -0.25) is 0 Å². The summed E-state index contributed by atoms with van der Waals surface area (Å²) in [5.41, 5.74) is 13.0. The van der Waals surface area contributed by atoms with Gasteiger partial charge >= 0.3 is 0 Å². The van der Waals surface area contributed by atoms with E-state index in [0.717, 1.165) is 15.5 Å². The average Bonchev–Trinajstić information content (AvgIpc) is 3.25. The lowest BCUT2D eigenvalue weighted by atomic mass is 10.1. The molecule has 0 amide bonds. The first kappa shape index (κ1) is 20.4. The third-order valence-corrected chi connectivity index (χ3v) is 8.51. The summed E-state index contributed by atoms with van der Waals surface area (Å²) in [5.74, 6) is -0.176. The van der Waals surface area contributed by atoms with Crippen molar-refractivity contribution in [1.82, 2.24) is 3.97 Å². The summed E-state index contributed by atoms with van der Waals surface area (Å²) in [6.07, 6.45) is 1.55. The lowest BCUT2D eigenvalue weighted by Gasteiger charge is -2.06. The van der Waals surface area contributed by atoms with Crippen molar-refractivity contribution in [3.63, 3.8) is 0 Å². The van der Waals surface area contributed by atoms with E-state index in [4.69, 9.17) is 23.1 Å². The normalized spacial score (nSPS) is 12.6. The number of hydrogen-bond donors (Lipinski definition) is 2. The van der Waals surface area contributed by atoms with Crippen LogP contribution in [-0.2, 0) is 10.0 Å². The fourth-order valence-corrected chi connectivity index (χ4v) is 6.69. The zero-order chi connectivity index (χ0) is 21.6. The van der Waals surface area contributed by atoms with Gasteiger partial charge in [0.1, 0.15) is 4.21 Å². The van der Waals surface area contributed by atoms with Crippen molar-refractivity contribution >= 4 is 65.6 Å². The molecule has 0 fully saturated rings. The Bertz CT molecular complexity index is 1460. The lowest BCUT2D eigenvalue weighted by molar-refractivity contribution is 0.591. The monoisotopic (exact) mass is 459 g/mol. The first-order valence-electron chi connectivity index (χ1n) is 8.88. The van der Waals surface area contributed by atoms with E-state index in [9.17, 15) is 8.42 Å². The molecule has 10 heteroatoms. The van der Waals surface area contributed by atoms with Gasteiger partial charge in [-0.25, -0.2) is 3.97 Å². The zero-order valence-corrected chi connectivity index (χ0v) is 18.5. The van der Waals surface area contributed by atoms with Crippen molar-refractivity contribution in [2.24, 2.45) is 21.7 Å². The summed E-state index contributed by atoms with van der Waals surface area (Å²) in [6, 6.07) is 12.6. The Morgan fingerprint density at radius 3 is 2.57 bits per heavy atom. The molecule has 0 spiro atoms. The minimum Gasteiger partial charge on any atom is -0.369 e. The van der Waals surface area contributed by atoms with Gasteiger partial charge in [0, 0.05) is 26.9 Å². The molecule has 0 aliphatic rings. The molecule has 4 rings (SSSR count). The lowest BCUT2D eigenvalue weighted by Crippen LogP contribution is -2.22. The van der Waals surface area contributed by atoms with Crippen LogP contribution in [-0.4, -0.2) is 24.1 Å².